The monoisotopic (exact) mass is 258 g/mol. The van der Waals surface area contributed by atoms with Crippen LogP contribution >= 0.6 is 0 Å². The van der Waals surface area contributed by atoms with Gasteiger partial charge in [-0.15, -0.1) is 0 Å². The van der Waals surface area contributed by atoms with Gasteiger partial charge in [0.05, 0.1) is 6.54 Å². The minimum absolute atomic E-state index is 0.0612. The molecule has 1 aromatic carbocycles. The van der Waals surface area contributed by atoms with Gasteiger partial charge in [-0.2, -0.15) is 0 Å². The number of carbonyl (C=O) groups excluding carboxylic acids is 1. The third-order valence-corrected chi connectivity index (χ3v) is 2.91. The van der Waals surface area contributed by atoms with Gasteiger partial charge >= 0.3 is 0 Å². The molecule has 0 saturated heterocycles. The van der Waals surface area contributed by atoms with Crippen LogP contribution in [0.5, 0.6) is 0 Å². The van der Waals surface area contributed by atoms with Crippen LogP contribution in [0.15, 0.2) is 40.9 Å². The van der Waals surface area contributed by atoms with Crippen LogP contribution in [0.3, 0.4) is 0 Å². The summed E-state index contributed by atoms with van der Waals surface area (Å²) in [7, 11) is 0. The standard InChI is InChI=1S/C15H18N2O2/c1-3-9-17(12(2)18)11-14-10-15(19-16-14)13-7-5-4-6-8-13/h4-8,10H,3,9,11H2,1-2H3. The van der Waals surface area contributed by atoms with Gasteiger partial charge in [-0.3, -0.25) is 4.79 Å². The molecule has 4 nitrogen and oxygen atoms in total. The minimum Gasteiger partial charge on any atom is -0.356 e. The molecule has 19 heavy (non-hydrogen) atoms. The molecule has 4 heteroatoms. The highest BCUT2D eigenvalue weighted by Gasteiger charge is 2.12. The Bertz CT molecular complexity index is 534. The third-order valence-electron chi connectivity index (χ3n) is 2.91. The predicted molar refractivity (Wildman–Crippen MR) is 73.3 cm³/mol. The lowest BCUT2D eigenvalue weighted by molar-refractivity contribution is -0.129. The van der Waals surface area contributed by atoms with Gasteiger partial charge in [-0.25, -0.2) is 0 Å². The molecule has 2 aromatic rings. The van der Waals surface area contributed by atoms with Gasteiger partial charge in [-0.1, -0.05) is 42.4 Å². The maximum absolute atomic E-state index is 11.5. The molecule has 0 saturated carbocycles. The molecule has 100 valence electrons. The van der Waals surface area contributed by atoms with Crippen LogP contribution in [0.4, 0.5) is 0 Å². The van der Waals surface area contributed by atoms with Gasteiger partial charge in [-0.05, 0) is 6.42 Å². The zero-order valence-electron chi connectivity index (χ0n) is 11.3. The summed E-state index contributed by atoms with van der Waals surface area (Å²) in [5.41, 5.74) is 1.77. The summed E-state index contributed by atoms with van der Waals surface area (Å²) in [4.78, 5) is 13.3. The lowest BCUT2D eigenvalue weighted by Crippen LogP contribution is -2.28. The Hall–Kier alpha value is -2.10. The van der Waals surface area contributed by atoms with Crippen molar-refractivity contribution >= 4 is 5.91 Å². The van der Waals surface area contributed by atoms with E-state index in [1.165, 1.54) is 0 Å². The number of amides is 1. The third kappa shape index (κ3) is 3.44. The maximum Gasteiger partial charge on any atom is 0.219 e. The Balaban J connectivity index is 2.11. The quantitative estimate of drug-likeness (QED) is 0.827. The summed E-state index contributed by atoms with van der Waals surface area (Å²) < 4.78 is 5.32. The van der Waals surface area contributed by atoms with Gasteiger partial charge in [0, 0.05) is 25.1 Å². The highest BCUT2D eigenvalue weighted by molar-refractivity contribution is 5.73. The van der Waals surface area contributed by atoms with E-state index in [1.54, 1.807) is 11.8 Å². The normalized spacial score (nSPS) is 10.4. The molecule has 0 aliphatic carbocycles. The van der Waals surface area contributed by atoms with E-state index in [1.807, 2.05) is 43.3 Å². The van der Waals surface area contributed by atoms with Crippen molar-refractivity contribution in [2.24, 2.45) is 0 Å². The molecule has 0 bridgehead atoms. The van der Waals surface area contributed by atoms with Crippen LogP contribution < -0.4 is 0 Å². The van der Waals surface area contributed by atoms with Crippen LogP contribution in [-0.4, -0.2) is 22.5 Å². The number of rotatable bonds is 5. The molecule has 2 rings (SSSR count). The van der Waals surface area contributed by atoms with E-state index in [9.17, 15) is 4.79 Å². The van der Waals surface area contributed by atoms with Crippen LogP contribution in [0.1, 0.15) is 26.0 Å². The molecule has 0 aliphatic heterocycles. The van der Waals surface area contributed by atoms with Crippen molar-refractivity contribution < 1.29 is 9.32 Å². The zero-order valence-corrected chi connectivity index (χ0v) is 11.3. The largest absolute Gasteiger partial charge is 0.356 e. The number of nitrogens with zero attached hydrogens (tertiary/aromatic N) is 2. The predicted octanol–water partition coefficient (Wildman–Crippen LogP) is 3.10. The summed E-state index contributed by atoms with van der Waals surface area (Å²) in [6, 6.07) is 11.7. The Morgan fingerprint density at radius 3 is 2.68 bits per heavy atom. The average molecular weight is 258 g/mol. The lowest BCUT2D eigenvalue weighted by atomic mass is 10.1. The minimum atomic E-state index is 0.0612. The first-order valence-electron chi connectivity index (χ1n) is 6.47. The zero-order chi connectivity index (χ0) is 13.7. The van der Waals surface area contributed by atoms with E-state index >= 15 is 0 Å². The Kier molecular flexibility index (Phi) is 4.34. The van der Waals surface area contributed by atoms with Crippen molar-refractivity contribution in [1.82, 2.24) is 10.1 Å². The Morgan fingerprint density at radius 1 is 1.32 bits per heavy atom. The number of hydrogen-bond acceptors (Lipinski definition) is 3. The summed E-state index contributed by atoms with van der Waals surface area (Å²) >= 11 is 0. The molecular formula is C15H18N2O2. The van der Waals surface area contributed by atoms with Crippen molar-refractivity contribution in [3.05, 3.63) is 42.1 Å². The second-order valence-corrected chi connectivity index (χ2v) is 4.49. The molecule has 0 fully saturated rings. The second-order valence-electron chi connectivity index (χ2n) is 4.49. The van der Waals surface area contributed by atoms with Crippen molar-refractivity contribution in [3.63, 3.8) is 0 Å². The van der Waals surface area contributed by atoms with E-state index in [0.29, 0.717) is 6.54 Å². The molecule has 1 aromatic heterocycles. The molecule has 1 amide bonds. The van der Waals surface area contributed by atoms with Crippen molar-refractivity contribution in [3.8, 4) is 11.3 Å². The molecule has 0 N–H and O–H groups in total. The molecule has 1 heterocycles. The van der Waals surface area contributed by atoms with Crippen LogP contribution in [0.2, 0.25) is 0 Å². The number of benzene rings is 1. The first-order chi connectivity index (χ1) is 9.20. The van der Waals surface area contributed by atoms with Crippen molar-refractivity contribution in [2.75, 3.05) is 6.54 Å². The van der Waals surface area contributed by atoms with Crippen LogP contribution in [0.25, 0.3) is 11.3 Å². The number of hydrogen-bond donors (Lipinski definition) is 0. The van der Waals surface area contributed by atoms with E-state index in [4.69, 9.17) is 4.52 Å². The fourth-order valence-corrected chi connectivity index (χ4v) is 1.94. The summed E-state index contributed by atoms with van der Waals surface area (Å²) in [6.07, 6.45) is 0.934. The lowest BCUT2D eigenvalue weighted by Gasteiger charge is -2.18. The second kappa shape index (κ2) is 6.18. The van der Waals surface area contributed by atoms with Crippen LogP contribution in [-0.2, 0) is 11.3 Å². The topological polar surface area (TPSA) is 46.3 Å². The molecule has 0 radical (unpaired) electrons. The van der Waals surface area contributed by atoms with E-state index in [-0.39, 0.29) is 5.91 Å². The molecule has 0 atom stereocenters. The van der Waals surface area contributed by atoms with Gasteiger partial charge in [0.2, 0.25) is 5.91 Å². The molecule has 0 spiro atoms. The van der Waals surface area contributed by atoms with E-state index < -0.39 is 0 Å². The highest BCUT2D eigenvalue weighted by atomic mass is 16.5. The Morgan fingerprint density at radius 2 is 2.05 bits per heavy atom. The van der Waals surface area contributed by atoms with E-state index in [2.05, 4.69) is 5.16 Å². The fourth-order valence-electron chi connectivity index (χ4n) is 1.94. The summed E-state index contributed by atoms with van der Waals surface area (Å²) in [6.45, 7) is 4.87. The van der Waals surface area contributed by atoms with Gasteiger partial charge in [0.1, 0.15) is 5.69 Å². The first-order valence-corrected chi connectivity index (χ1v) is 6.47. The van der Waals surface area contributed by atoms with Crippen LogP contribution in [0, 0.1) is 0 Å². The number of carbonyl (C=O) groups is 1. The smallest absolute Gasteiger partial charge is 0.219 e. The Labute approximate surface area is 113 Å². The SMILES string of the molecule is CCCN(Cc1cc(-c2ccccc2)on1)C(C)=O. The fraction of sp³-hybridized carbons (Fsp3) is 0.333. The average Bonchev–Trinajstić information content (AvgIpc) is 2.88. The van der Waals surface area contributed by atoms with Crippen molar-refractivity contribution in [2.45, 2.75) is 26.8 Å². The summed E-state index contributed by atoms with van der Waals surface area (Å²) in [5.74, 6) is 0.793. The summed E-state index contributed by atoms with van der Waals surface area (Å²) in [5, 5.41) is 4.03. The van der Waals surface area contributed by atoms with Gasteiger partial charge < -0.3 is 9.42 Å². The molecule has 0 unspecified atom stereocenters. The molecular weight excluding hydrogens is 240 g/mol. The maximum atomic E-state index is 11.5. The first kappa shape index (κ1) is 13.3. The van der Waals surface area contributed by atoms with Gasteiger partial charge in [0.25, 0.3) is 0 Å². The molecule has 0 aliphatic rings. The van der Waals surface area contributed by atoms with E-state index in [0.717, 1.165) is 30.0 Å². The number of aromatic nitrogens is 1. The van der Waals surface area contributed by atoms with Crippen molar-refractivity contribution in [1.29, 1.82) is 0 Å². The highest BCUT2D eigenvalue weighted by Crippen LogP contribution is 2.20. The van der Waals surface area contributed by atoms with Gasteiger partial charge in [0.15, 0.2) is 5.76 Å².